The maximum absolute atomic E-state index is 13.3. The highest BCUT2D eigenvalue weighted by Crippen LogP contribution is 2.33. The lowest BCUT2D eigenvalue weighted by molar-refractivity contribution is -0.116. The highest BCUT2D eigenvalue weighted by atomic mass is 32.2. The first kappa shape index (κ1) is 18.1. The van der Waals surface area contributed by atoms with E-state index >= 15 is 0 Å². The van der Waals surface area contributed by atoms with Gasteiger partial charge >= 0.3 is 0 Å². The number of amides is 1. The molecule has 0 radical (unpaired) electrons. The molecule has 3 heterocycles. The molecule has 4 rings (SSSR count). The van der Waals surface area contributed by atoms with Gasteiger partial charge in [-0.1, -0.05) is 6.07 Å². The number of piperazine rings is 1. The molecule has 0 aliphatic carbocycles. The molecule has 0 bridgehead atoms. The second-order valence-electron chi connectivity index (χ2n) is 7.05. The molecule has 2 aliphatic heterocycles. The first-order valence-electron chi connectivity index (χ1n) is 8.98. The van der Waals surface area contributed by atoms with Crippen LogP contribution in [0.5, 0.6) is 0 Å². The summed E-state index contributed by atoms with van der Waals surface area (Å²) >= 11 is 0. The molecule has 2 aliphatic rings. The van der Waals surface area contributed by atoms with Gasteiger partial charge in [-0.25, -0.2) is 13.4 Å². The van der Waals surface area contributed by atoms with Crippen LogP contribution in [0.2, 0.25) is 0 Å². The smallest absolute Gasteiger partial charge is 0.243 e. The van der Waals surface area contributed by atoms with Gasteiger partial charge in [-0.3, -0.25) is 9.69 Å². The quantitative estimate of drug-likeness (QED) is 0.846. The van der Waals surface area contributed by atoms with Gasteiger partial charge in [0.05, 0.1) is 10.9 Å². The van der Waals surface area contributed by atoms with Gasteiger partial charge in [-0.05, 0) is 31.2 Å². The molecule has 144 valence electrons. The summed E-state index contributed by atoms with van der Waals surface area (Å²) in [6, 6.07) is 4.99. The number of carbonyl (C=O) groups is 1. The molecule has 9 heteroatoms. The average molecular weight is 389 g/mol. The van der Waals surface area contributed by atoms with Gasteiger partial charge in [-0.15, -0.1) is 0 Å². The van der Waals surface area contributed by atoms with Gasteiger partial charge in [0.1, 0.15) is 5.82 Å². The van der Waals surface area contributed by atoms with E-state index in [0.29, 0.717) is 31.9 Å². The van der Waals surface area contributed by atoms with E-state index < -0.39 is 10.0 Å². The SMILES string of the molecule is CC(=O)N1CCc2ccc(S(=O)(=O)N3CCN(C)C(c4ncc[nH]4)C3)cc21. The Labute approximate surface area is 158 Å². The van der Waals surface area contributed by atoms with Crippen molar-refractivity contribution in [3.05, 3.63) is 42.0 Å². The van der Waals surface area contributed by atoms with Gasteiger partial charge in [-0.2, -0.15) is 4.31 Å². The maximum atomic E-state index is 13.3. The number of fused-ring (bicyclic) bond motifs is 1. The predicted octanol–water partition coefficient (Wildman–Crippen LogP) is 0.996. The Morgan fingerprint density at radius 3 is 2.78 bits per heavy atom. The lowest BCUT2D eigenvalue weighted by atomic mass is 10.2. The second-order valence-corrected chi connectivity index (χ2v) is 8.98. The van der Waals surface area contributed by atoms with Crippen molar-refractivity contribution in [2.24, 2.45) is 0 Å². The summed E-state index contributed by atoms with van der Waals surface area (Å²) in [6.45, 7) is 3.48. The average Bonchev–Trinajstić information content (AvgIpc) is 3.31. The minimum absolute atomic E-state index is 0.0687. The van der Waals surface area contributed by atoms with Crippen LogP contribution in [0.15, 0.2) is 35.5 Å². The third kappa shape index (κ3) is 3.15. The maximum Gasteiger partial charge on any atom is 0.243 e. The number of anilines is 1. The second kappa shape index (κ2) is 6.74. The van der Waals surface area contributed by atoms with Crippen LogP contribution in [0.3, 0.4) is 0 Å². The van der Waals surface area contributed by atoms with Gasteiger partial charge < -0.3 is 9.88 Å². The largest absolute Gasteiger partial charge is 0.347 e. The van der Waals surface area contributed by atoms with Crippen molar-refractivity contribution in [1.29, 1.82) is 0 Å². The Balaban J connectivity index is 1.64. The Morgan fingerprint density at radius 2 is 2.07 bits per heavy atom. The molecule has 1 atom stereocenters. The number of nitrogens with zero attached hydrogens (tertiary/aromatic N) is 4. The van der Waals surface area contributed by atoms with Crippen molar-refractivity contribution >= 4 is 21.6 Å². The topological polar surface area (TPSA) is 89.6 Å². The summed E-state index contributed by atoms with van der Waals surface area (Å²) in [5, 5.41) is 0. The van der Waals surface area contributed by atoms with Crippen molar-refractivity contribution in [3.63, 3.8) is 0 Å². The minimum Gasteiger partial charge on any atom is -0.347 e. The normalized spacial score (nSPS) is 21.4. The van der Waals surface area contributed by atoms with E-state index in [9.17, 15) is 13.2 Å². The lowest BCUT2D eigenvalue weighted by Gasteiger charge is -2.37. The van der Waals surface area contributed by atoms with E-state index in [2.05, 4.69) is 14.9 Å². The first-order chi connectivity index (χ1) is 12.9. The minimum atomic E-state index is -3.65. The number of aromatic nitrogens is 2. The van der Waals surface area contributed by atoms with Gasteiger partial charge in [0, 0.05) is 51.2 Å². The first-order valence-corrected chi connectivity index (χ1v) is 10.4. The number of imidazole rings is 1. The van der Waals surface area contributed by atoms with Crippen LogP contribution < -0.4 is 4.90 Å². The zero-order chi connectivity index (χ0) is 19.2. The summed E-state index contributed by atoms with van der Waals surface area (Å²) in [5.41, 5.74) is 1.72. The molecule has 8 nitrogen and oxygen atoms in total. The Hall–Kier alpha value is -2.23. The Kier molecular flexibility index (Phi) is 4.53. The number of hydrogen-bond acceptors (Lipinski definition) is 5. The number of hydrogen-bond donors (Lipinski definition) is 1. The summed E-state index contributed by atoms with van der Waals surface area (Å²) in [4.78, 5) is 23.2. The molecule has 2 aromatic rings. The van der Waals surface area contributed by atoms with Crippen LogP contribution in [-0.4, -0.2) is 66.7 Å². The van der Waals surface area contributed by atoms with E-state index in [1.54, 1.807) is 29.4 Å². The molecule has 1 saturated heterocycles. The summed E-state index contributed by atoms with van der Waals surface area (Å²) in [7, 11) is -1.68. The van der Waals surface area contributed by atoms with E-state index in [0.717, 1.165) is 17.8 Å². The number of nitrogens with one attached hydrogen (secondary N) is 1. The van der Waals surface area contributed by atoms with Crippen LogP contribution in [0.4, 0.5) is 5.69 Å². The fourth-order valence-corrected chi connectivity index (χ4v) is 5.28. The van der Waals surface area contributed by atoms with E-state index in [-0.39, 0.29) is 16.8 Å². The fourth-order valence-electron chi connectivity index (χ4n) is 3.82. The Bertz CT molecular complexity index is 957. The Morgan fingerprint density at radius 1 is 1.26 bits per heavy atom. The van der Waals surface area contributed by atoms with Crippen LogP contribution in [0.1, 0.15) is 24.4 Å². The zero-order valence-corrected chi connectivity index (χ0v) is 16.2. The molecular weight excluding hydrogens is 366 g/mol. The van der Waals surface area contributed by atoms with Gasteiger partial charge in [0.2, 0.25) is 15.9 Å². The molecule has 1 amide bonds. The van der Waals surface area contributed by atoms with Crippen molar-refractivity contribution in [1.82, 2.24) is 19.2 Å². The lowest BCUT2D eigenvalue weighted by Crippen LogP contribution is -2.49. The highest BCUT2D eigenvalue weighted by molar-refractivity contribution is 7.89. The van der Waals surface area contributed by atoms with E-state index in [4.69, 9.17) is 0 Å². The number of H-pyrrole nitrogens is 1. The molecule has 1 fully saturated rings. The number of aromatic amines is 1. The highest BCUT2D eigenvalue weighted by Gasteiger charge is 2.35. The third-order valence-electron chi connectivity index (χ3n) is 5.42. The zero-order valence-electron chi connectivity index (χ0n) is 15.4. The summed E-state index contributed by atoms with van der Waals surface area (Å²) in [5.74, 6) is 0.690. The molecule has 1 unspecified atom stereocenters. The van der Waals surface area contributed by atoms with Crippen LogP contribution >= 0.6 is 0 Å². The van der Waals surface area contributed by atoms with Crippen LogP contribution in [-0.2, 0) is 21.2 Å². The number of likely N-dealkylation sites (N-methyl/N-ethyl adjacent to an activating group) is 1. The van der Waals surface area contributed by atoms with Gasteiger partial charge in [0.25, 0.3) is 0 Å². The van der Waals surface area contributed by atoms with Crippen molar-refractivity contribution in [3.8, 4) is 0 Å². The monoisotopic (exact) mass is 389 g/mol. The number of sulfonamides is 1. The molecule has 0 spiro atoms. The molecule has 1 aromatic heterocycles. The molecule has 0 saturated carbocycles. The van der Waals surface area contributed by atoms with E-state index in [1.165, 1.54) is 11.2 Å². The number of benzene rings is 1. The van der Waals surface area contributed by atoms with E-state index in [1.807, 2.05) is 13.1 Å². The van der Waals surface area contributed by atoms with Crippen LogP contribution in [0.25, 0.3) is 0 Å². The van der Waals surface area contributed by atoms with Crippen LogP contribution in [0, 0.1) is 0 Å². The standard InChI is InChI=1S/C18H23N5O3S/c1-13(24)23-8-5-14-3-4-15(11-16(14)23)27(25,26)22-10-9-21(2)17(12-22)18-19-6-7-20-18/h3-4,6-7,11,17H,5,8-10,12H2,1-2H3,(H,19,20). The molecule has 1 N–H and O–H groups in total. The van der Waals surface area contributed by atoms with Crippen molar-refractivity contribution in [2.45, 2.75) is 24.3 Å². The number of rotatable bonds is 3. The van der Waals surface area contributed by atoms with Crippen molar-refractivity contribution in [2.75, 3.05) is 38.1 Å². The molecular formula is C18H23N5O3S. The van der Waals surface area contributed by atoms with Gasteiger partial charge in [0.15, 0.2) is 0 Å². The van der Waals surface area contributed by atoms with Crippen molar-refractivity contribution < 1.29 is 13.2 Å². The summed E-state index contributed by atoms with van der Waals surface area (Å²) < 4.78 is 28.0. The third-order valence-corrected chi connectivity index (χ3v) is 7.28. The predicted molar refractivity (Wildman–Crippen MR) is 101 cm³/mol. The molecule has 1 aromatic carbocycles. The summed E-state index contributed by atoms with van der Waals surface area (Å²) in [6.07, 6.45) is 4.17. The molecule has 27 heavy (non-hydrogen) atoms. The fraction of sp³-hybridized carbons (Fsp3) is 0.444. The number of carbonyl (C=O) groups excluding carboxylic acids is 1.